The summed E-state index contributed by atoms with van der Waals surface area (Å²) in [6.07, 6.45) is 1.04. The maximum atomic E-state index is 13.5. The van der Waals surface area contributed by atoms with Crippen molar-refractivity contribution in [3.63, 3.8) is 0 Å². The fraction of sp³-hybridized carbons (Fsp3) is 0.154. The number of β-amino-alcohol motifs (C(OH)–C–C–N with tert-alkyl or cyclic N) is 1. The second-order valence-electron chi connectivity index (χ2n) is 4.10. The summed E-state index contributed by atoms with van der Waals surface area (Å²) in [7, 11) is 0. The zero-order chi connectivity index (χ0) is 15.6. The molecule has 8 heteroatoms. The van der Waals surface area contributed by atoms with E-state index in [1.165, 1.54) is 6.07 Å². The van der Waals surface area contributed by atoms with Crippen LogP contribution in [0.15, 0.2) is 28.4 Å². The number of nitriles is 1. The molecule has 2 rings (SSSR count). The molecule has 1 aromatic carbocycles. The van der Waals surface area contributed by atoms with Crippen LogP contribution < -0.4 is 5.32 Å². The van der Waals surface area contributed by atoms with Gasteiger partial charge in [0.15, 0.2) is 0 Å². The number of rotatable bonds is 4. The normalized spacial score (nSPS) is 14.2. The first-order valence-electron chi connectivity index (χ1n) is 5.83. The number of halogens is 2. The van der Waals surface area contributed by atoms with Gasteiger partial charge in [-0.15, -0.1) is 0 Å². The summed E-state index contributed by atoms with van der Waals surface area (Å²) in [5, 5.41) is 20.4. The van der Waals surface area contributed by atoms with Gasteiger partial charge < -0.3 is 10.4 Å². The number of imide groups is 1. The van der Waals surface area contributed by atoms with Crippen molar-refractivity contribution in [1.29, 1.82) is 5.26 Å². The van der Waals surface area contributed by atoms with Crippen molar-refractivity contribution in [2.24, 2.45) is 0 Å². The second kappa shape index (κ2) is 6.03. The maximum Gasteiger partial charge on any atom is 0.277 e. The Hall–Kier alpha value is -2.24. The molecule has 0 radical (unpaired) electrons. The van der Waals surface area contributed by atoms with Crippen molar-refractivity contribution in [2.45, 2.75) is 0 Å². The molecular formula is C13H9BrFN3O3. The quantitative estimate of drug-likeness (QED) is 0.791. The molecule has 0 spiro atoms. The lowest BCUT2D eigenvalue weighted by Gasteiger charge is -2.14. The molecule has 0 atom stereocenters. The number of amides is 2. The number of carbonyl (C=O) groups excluding carboxylic acids is 2. The average molecular weight is 354 g/mol. The summed E-state index contributed by atoms with van der Waals surface area (Å²) in [5.74, 6) is -1.84. The molecule has 21 heavy (non-hydrogen) atoms. The Balaban J connectivity index is 2.34. The largest absolute Gasteiger partial charge is 0.395 e. The van der Waals surface area contributed by atoms with E-state index >= 15 is 0 Å². The van der Waals surface area contributed by atoms with Gasteiger partial charge in [-0.1, -0.05) is 0 Å². The third-order valence-electron chi connectivity index (χ3n) is 2.81. The van der Waals surface area contributed by atoms with Crippen LogP contribution in [-0.2, 0) is 9.59 Å². The van der Waals surface area contributed by atoms with Crippen LogP contribution in [0.5, 0.6) is 0 Å². The standard InChI is InChI=1S/C13H9BrFN3O3/c14-11-8(15)2-1-7(6-16)12(11)17-9-5-10(20)18(3-4-19)13(9)21/h1-2,5,17,19H,3-4H2. The van der Waals surface area contributed by atoms with E-state index in [1.807, 2.05) is 6.07 Å². The maximum absolute atomic E-state index is 13.5. The van der Waals surface area contributed by atoms with E-state index < -0.39 is 17.6 Å². The highest BCUT2D eigenvalue weighted by Crippen LogP contribution is 2.31. The lowest BCUT2D eigenvalue weighted by Crippen LogP contribution is -2.34. The molecule has 108 valence electrons. The van der Waals surface area contributed by atoms with E-state index in [4.69, 9.17) is 10.4 Å². The molecule has 6 nitrogen and oxygen atoms in total. The van der Waals surface area contributed by atoms with Crippen LogP contribution in [-0.4, -0.2) is 35.0 Å². The highest BCUT2D eigenvalue weighted by Gasteiger charge is 2.31. The lowest BCUT2D eigenvalue weighted by molar-refractivity contribution is -0.137. The van der Waals surface area contributed by atoms with Crippen LogP contribution in [0, 0.1) is 17.1 Å². The van der Waals surface area contributed by atoms with Gasteiger partial charge in [-0.05, 0) is 28.1 Å². The Morgan fingerprint density at radius 1 is 1.43 bits per heavy atom. The van der Waals surface area contributed by atoms with Gasteiger partial charge in [0.05, 0.1) is 28.9 Å². The summed E-state index contributed by atoms with van der Waals surface area (Å²) in [6.45, 7) is -0.486. The minimum absolute atomic E-state index is 0.0108. The molecule has 0 aromatic heterocycles. The van der Waals surface area contributed by atoms with E-state index in [0.29, 0.717) is 0 Å². The van der Waals surface area contributed by atoms with Gasteiger partial charge >= 0.3 is 0 Å². The first-order chi connectivity index (χ1) is 9.99. The van der Waals surface area contributed by atoms with Crippen LogP contribution >= 0.6 is 15.9 Å². The minimum atomic E-state index is -0.644. The summed E-state index contributed by atoms with van der Waals surface area (Å²) >= 11 is 2.99. The second-order valence-corrected chi connectivity index (χ2v) is 4.89. The molecule has 0 unspecified atom stereocenters. The number of hydrogen-bond acceptors (Lipinski definition) is 5. The van der Waals surface area contributed by atoms with Crippen molar-refractivity contribution in [1.82, 2.24) is 4.90 Å². The Labute approximate surface area is 127 Å². The molecule has 1 aromatic rings. The van der Waals surface area contributed by atoms with E-state index in [9.17, 15) is 14.0 Å². The van der Waals surface area contributed by atoms with Gasteiger partial charge in [-0.3, -0.25) is 14.5 Å². The smallest absolute Gasteiger partial charge is 0.277 e. The number of nitrogens with one attached hydrogen (secondary N) is 1. The Bertz CT molecular complexity index is 697. The van der Waals surface area contributed by atoms with Crippen LogP contribution in [0.1, 0.15) is 5.56 Å². The van der Waals surface area contributed by atoms with Crippen molar-refractivity contribution >= 4 is 33.4 Å². The number of aliphatic hydroxyl groups is 1. The number of nitrogens with zero attached hydrogens (tertiary/aromatic N) is 2. The number of aliphatic hydroxyl groups excluding tert-OH is 1. The zero-order valence-electron chi connectivity index (χ0n) is 10.6. The van der Waals surface area contributed by atoms with Crippen molar-refractivity contribution in [3.8, 4) is 6.07 Å². The molecule has 0 fully saturated rings. The molecule has 1 aliphatic rings. The predicted molar refractivity (Wildman–Crippen MR) is 74.3 cm³/mol. The van der Waals surface area contributed by atoms with Crippen molar-refractivity contribution < 1.29 is 19.1 Å². The van der Waals surface area contributed by atoms with Crippen molar-refractivity contribution in [2.75, 3.05) is 18.5 Å². The first-order valence-corrected chi connectivity index (χ1v) is 6.62. The Morgan fingerprint density at radius 3 is 2.76 bits per heavy atom. The molecule has 1 heterocycles. The highest BCUT2D eigenvalue weighted by molar-refractivity contribution is 9.10. The number of carbonyl (C=O) groups is 2. The molecule has 0 aliphatic carbocycles. The molecule has 0 saturated carbocycles. The number of benzene rings is 1. The van der Waals surface area contributed by atoms with Crippen molar-refractivity contribution in [3.05, 3.63) is 39.8 Å². The molecule has 2 N–H and O–H groups in total. The van der Waals surface area contributed by atoms with E-state index in [1.54, 1.807) is 0 Å². The average Bonchev–Trinajstić information content (AvgIpc) is 2.72. The molecular weight excluding hydrogens is 345 g/mol. The van der Waals surface area contributed by atoms with Gasteiger partial charge in [0, 0.05) is 6.08 Å². The van der Waals surface area contributed by atoms with E-state index in [-0.39, 0.29) is 34.6 Å². The third-order valence-corrected chi connectivity index (χ3v) is 3.58. The van der Waals surface area contributed by atoms with Gasteiger partial charge in [-0.25, -0.2) is 4.39 Å². The SMILES string of the molecule is N#Cc1ccc(F)c(Br)c1NC1=CC(=O)N(CCO)C1=O. The highest BCUT2D eigenvalue weighted by atomic mass is 79.9. The molecule has 1 aliphatic heterocycles. The lowest BCUT2D eigenvalue weighted by atomic mass is 10.2. The Kier molecular flexibility index (Phi) is 4.35. The van der Waals surface area contributed by atoms with Gasteiger partial charge in [0.25, 0.3) is 11.8 Å². The Morgan fingerprint density at radius 2 is 2.14 bits per heavy atom. The van der Waals surface area contributed by atoms with Crippen LogP contribution in [0.2, 0.25) is 0 Å². The van der Waals surface area contributed by atoms with Crippen LogP contribution in [0.3, 0.4) is 0 Å². The summed E-state index contributed by atoms with van der Waals surface area (Å²) in [5.41, 5.74) is 0.0945. The van der Waals surface area contributed by atoms with Gasteiger partial charge in [0.2, 0.25) is 0 Å². The predicted octanol–water partition coefficient (Wildman–Crippen LogP) is 1.12. The number of anilines is 1. The van der Waals surface area contributed by atoms with Gasteiger partial charge in [0.1, 0.15) is 17.6 Å². The summed E-state index contributed by atoms with van der Waals surface area (Å²) < 4.78 is 13.5. The molecule has 2 amide bonds. The number of hydrogen-bond donors (Lipinski definition) is 2. The van der Waals surface area contributed by atoms with Gasteiger partial charge in [-0.2, -0.15) is 5.26 Å². The van der Waals surface area contributed by atoms with Crippen LogP contribution in [0.25, 0.3) is 0 Å². The zero-order valence-corrected chi connectivity index (χ0v) is 12.1. The fourth-order valence-electron chi connectivity index (χ4n) is 1.81. The summed E-state index contributed by atoms with van der Waals surface area (Å²) in [4.78, 5) is 24.4. The fourth-order valence-corrected chi connectivity index (χ4v) is 2.26. The molecule has 0 bridgehead atoms. The monoisotopic (exact) mass is 353 g/mol. The molecule has 0 saturated heterocycles. The third kappa shape index (κ3) is 2.79. The topological polar surface area (TPSA) is 93.4 Å². The van der Waals surface area contributed by atoms with E-state index in [0.717, 1.165) is 17.0 Å². The van der Waals surface area contributed by atoms with E-state index in [2.05, 4.69) is 21.2 Å². The first kappa shape index (κ1) is 15.2. The van der Waals surface area contributed by atoms with Crippen LogP contribution in [0.4, 0.5) is 10.1 Å². The summed E-state index contributed by atoms with van der Waals surface area (Å²) in [6, 6.07) is 4.24. The minimum Gasteiger partial charge on any atom is -0.395 e.